The number of piperazine rings is 1. The first-order valence-corrected chi connectivity index (χ1v) is 13.7. The van der Waals surface area contributed by atoms with Crippen LogP contribution in [0.1, 0.15) is 23.2 Å². The molecule has 1 aliphatic heterocycles. The third-order valence-electron chi connectivity index (χ3n) is 7.36. The number of ether oxygens (including phenoxy) is 1. The number of hydrogen-bond acceptors (Lipinski definition) is 5. The van der Waals surface area contributed by atoms with Gasteiger partial charge in [-0.05, 0) is 68.1 Å². The quantitative estimate of drug-likeness (QED) is 0.323. The van der Waals surface area contributed by atoms with Gasteiger partial charge in [0.2, 0.25) is 5.91 Å². The minimum absolute atomic E-state index is 0.0304. The van der Waals surface area contributed by atoms with Crippen LogP contribution in [0.3, 0.4) is 0 Å². The zero-order valence-electron chi connectivity index (χ0n) is 23.4. The van der Waals surface area contributed by atoms with E-state index in [2.05, 4.69) is 47.3 Å². The molecular weight excluding hydrogens is 505 g/mol. The maximum atomic E-state index is 14.1. The number of carbonyl (C=O) groups excluding carboxylic acids is 1. The molecule has 0 bridgehead atoms. The van der Waals surface area contributed by atoms with Crippen LogP contribution in [0.4, 0.5) is 10.1 Å². The standard InChI is InChI=1S/C32H36FN5O2/c1-23-7-13-30(37-17-15-36(2)16-18-37)25(19-23)22-34-32(39)14-8-27-21-31(24-5-4-6-26(33)20-24)38(35-27)28-9-11-29(40-3)12-10-28/h4-7,9-13,19-21H,8,14-18,22H2,1-3H3,(H,34,39). The van der Waals surface area contributed by atoms with E-state index in [9.17, 15) is 9.18 Å². The average Bonchev–Trinajstić information content (AvgIpc) is 3.40. The number of rotatable bonds is 9. The van der Waals surface area contributed by atoms with Crippen molar-refractivity contribution in [3.8, 4) is 22.7 Å². The predicted molar refractivity (Wildman–Crippen MR) is 157 cm³/mol. The van der Waals surface area contributed by atoms with Gasteiger partial charge in [-0.15, -0.1) is 0 Å². The topological polar surface area (TPSA) is 62.6 Å². The molecular formula is C32H36FN5O2. The fourth-order valence-corrected chi connectivity index (χ4v) is 5.06. The number of amides is 1. The summed E-state index contributed by atoms with van der Waals surface area (Å²) >= 11 is 0. The Morgan fingerprint density at radius 3 is 2.50 bits per heavy atom. The van der Waals surface area contributed by atoms with Crippen molar-refractivity contribution in [2.24, 2.45) is 0 Å². The van der Waals surface area contributed by atoms with Crippen molar-refractivity contribution in [2.75, 3.05) is 45.2 Å². The highest BCUT2D eigenvalue weighted by molar-refractivity contribution is 5.76. The molecule has 3 aromatic carbocycles. The third-order valence-corrected chi connectivity index (χ3v) is 7.36. The number of aryl methyl sites for hydroxylation is 2. The number of nitrogens with zero attached hydrogens (tertiary/aromatic N) is 4. The molecule has 4 aromatic rings. The Balaban J connectivity index is 1.28. The number of halogens is 1. The smallest absolute Gasteiger partial charge is 0.220 e. The lowest BCUT2D eigenvalue weighted by Crippen LogP contribution is -2.45. The van der Waals surface area contributed by atoms with Crippen LogP contribution in [0.5, 0.6) is 5.75 Å². The van der Waals surface area contributed by atoms with Crippen molar-refractivity contribution in [3.05, 3.63) is 95.4 Å². The molecule has 1 aromatic heterocycles. The molecule has 7 nitrogen and oxygen atoms in total. The number of likely N-dealkylation sites (N-methyl/N-ethyl adjacent to an activating group) is 1. The lowest BCUT2D eigenvalue weighted by atomic mass is 10.1. The Morgan fingerprint density at radius 2 is 1.77 bits per heavy atom. The second-order valence-corrected chi connectivity index (χ2v) is 10.3. The third kappa shape index (κ3) is 6.51. The summed E-state index contributed by atoms with van der Waals surface area (Å²) in [7, 11) is 3.77. The first kappa shape index (κ1) is 27.4. The van der Waals surface area contributed by atoms with Crippen LogP contribution in [0.2, 0.25) is 0 Å². The lowest BCUT2D eigenvalue weighted by molar-refractivity contribution is -0.121. The number of aromatic nitrogens is 2. The van der Waals surface area contributed by atoms with Crippen LogP contribution in [0, 0.1) is 12.7 Å². The molecule has 0 radical (unpaired) electrons. The van der Waals surface area contributed by atoms with Gasteiger partial charge in [0.15, 0.2) is 0 Å². The molecule has 0 saturated carbocycles. The van der Waals surface area contributed by atoms with Gasteiger partial charge in [-0.2, -0.15) is 5.10 Å². The Bertz CT molecular complexity index is 1460. The van der Waals surface area contributed by atoms with Crippen LogP contribution in [-0.4, -0.2) is 60.9 Å². The van der Waals surface area contributed by atoms with Gasteiger partial charge in [-0.3, -0.25) is 4.79 Å². The molecule has 208 valence electrons. The van der Waals surface area contributed by atoms with Crippen molar-refractivity contribution in [1.82, 2.24) is 20.0 Å². The summed E-state index contributed by atoms with van der Waals surface area (Å²) in [5, 5.41) is 7.90. The number of hydrogen-bond donors (Lipinski definition) is 1. The van der Waals surface area contributed by atoms with E-state index in [4.69, 9.17) is 9.84 Å². The molecule has 0 spiro atoms. The van der Waals surface area contributed by atoms with Gasteiger partial charge >= 0.3 is 0 Å². The van der Waals surface area contributed by atoms with Crippen LogP contribution in [-0.2, 0) is 17.8 Å². The maximum absolute atomic E-state index is 14.1. The fourth-order valence-electron chi connectivity index (χ4n) is 5.06. The second-order valence-electron chi connectivity index (χ2n) is 10.3. The Morgan fingerprint density at radius 1 is 1.00 bits per heavy atom. The van der Waals surface area contributed by atoms with Crippen LogP contribution in [0.25, 0.3) is 16.9 Å². The zero-order valence-corrected chi connectivity index (χ0v) is 23.4. The van der Waals surface area contributed by atoms with E-state index in [1.54, 1.807) is 17.9 Å². The first-order valence-electron chi connectivity index (χ1n) is 13.7. The van der Waals surface area contributed by atoms with Crippen LogP contribution >= 0.6 is 0 Å². The van der Waals surface area contributed by atoms with Gasteiger partial charge < -0.3 is 19.9 Å². The molecule has 1 aliphatic rings. The number of methoxy groups -OCH3 is 1. The van der Waals surface area contributed by atoms with E-state index in [-0.39, 0.29) is 11.7 Å². The maximum Gasteiger partial charge on any atom is 0.220 e. The van der Waals surface area contributed by atoms with E-state index in [0.717, 1.165) is 60.1 Å². The Hall–Kier alpha value is -4.17. The van der Waals surface area contributed by atoms with Gasteiger partial charge in [0.25, 0.3) is 0 Å². The van der Waals surface area contributed by atoms with E-state index in [1.807, 2.05) is 36.4 Å². The summed E-state index contributed by atoms with van der Waals surface area (Å²) in [6.07, 6.45) is 0.772. The molecule has 1 amide bonds. The molecule has 0 unspecified atom stereocenters. The normalized spacial score (nSPS) is 13.8. The van der Waals surface area contributed by atoms with Crippen LogP contribution in [0.15, 0.2) is 72.8 Å². The van der Waals surface area contributed by atoms with Crippen molar-refractivity contribution < 1.29 is 13.9 Å². The minimum atomic E-state index is -0.312. The highest BCUT2D eigenvalue weighted by atomic mass is 19.1. The van der Waals surface area contributed by atoms with Crippen molar-refractivity contribution in [3.63, 3.8) is 0 Å². The first-order chi connectivity index (χ1) is 19.4. The van der Waals surface area contributed by atoms with Gasteiger partial charge in [0, 0.05) is 56.8 Å². The molecule has 1 fully saturated rings. The van der Waals surface area contributed by atoms with E-state index in [1.165, 1.54) is 23.4 Å². The summed E-state index contributed by atoms with van der Waals surface area (Å²) in [5.74, 6) is 0.398. The van der Waals surface area contributed by atoms with Gasteiger partial charge in [0.05, 0.1) is 24.2 Å². The molecule has 5 rings (SSSR count). The van der Waals surface area contributed by atoms with Crippen molar-refractivity contribution in [2.45, 2.75) is 26.3 Å². The SMILES string of the molecule is COc1ccc(-n2nc(CCC(=O)NCc3cc(C)ccc3N3CCN(C)CC3)cc2-c2cccc(F)c2)cc1. The van der Waals surface area contributed by atoms with Gasteiger partial charge in [-0.25, -0.2) is 9.07 Å². The number of benzene rings is 3. The lowest BCUT2D eigenvalue weighted by Gasteiger charge is -2.35. The Kier molecular flexibility index (Phi) is 8.45. The van der Waals surface area contributed by atoms with Crippen LogP contribution < -0.4 is 15.0 Å². The zero-order chi connectivity index (χ0) is 28.1. The minimum Gasteiger partial charge on any atom is -0.497 e. The highest BCUT2D eigenvalue weighted by Gasteiger charge is 2.18. The number of nitrogens with one attached hydrogen (secondary N) is 1. The molecule has 0 atom stereocenters. The highest BCUT2D eigenvalue weighted by Crippen LogP contribution is 2.27. The molecule has 2 heterocycles. The second kappa shape index (κ2) is 12.3. The summed E-state index contributed by atoms with van der Waals surface area (Å²) in [6, 6.07) is 22.4. The molecule has 40 heavy (non-hydrogen) atoms. The molecule has 1 N–H and O–H groups in total. The monoisotopic (exact) mass is 541 g/mol. The summed E-state index contributed by atoms with van der Waals surface area (Å²) in [4.78, 5) is 17.7. The Labute approximate surface area is 235 Å². The summed E-state index contributed by atoms with van der Waals surface area (Å²) < 4.78 is 21.1. The largest absolute Gasteiger partial charge is 0.497 e. The van der Waals surface area contributed by atoms with E-state index in [0.29, 0.717) is 19.4 Å². The number of carbonyl (C=O) groups is 1. The van der Waals surface area contributed by atoms with E-state index < -0.39 is 0 Å². The predicted octanol–water partition coefficient (Wildman–Crippen LogP) is 5.00. The molecule has 8 heteroatoms. The summed E-state index contributed by atoms with van der Waals surface area (Å²) in [5.41, 5.74) is 6.57. The van der Waals surface area contributed by atoms with Gasteiger partial charge in [-0.1, -0.05) is 29.8 Å². The fraction of sp³-hybridized carbons (Fsp3) is 0.312. The molecule has 1 saturated heterocycles. The van der Waals surface area contributed by atoms with Crippen molar-refractivity contribution in [1.29, 1.82) is 0 Å². The van der Waals surface area contributed by atoms with Crippen molar-refractivity contribution >= 4 is 11.6 Å². The number of anilines is 1. The van der Waals surface area contributed by atoms with E-state index >= 15 is 0 Å². The summed E-state index contributed by atoms with van der Waals surface area (Å²) in [6.45, 7) is 6.57. The average molecular weight is 542 g/mol. The molecule has 0 aliphatic carbocycles. The van der Waals surface area contributed by atoms with Gasteiger partial charge in [0.1, 0.15) is 11.6 Å².